The highest BCUT2D eigenvalue weighted by Crippen LogP contribution is 2.31. The van der Waals surface area contributed by atoms with E-state index in [0.717, 1.165) is 40.2 Å². The van der Waals surface area contributed by atoms with Crippen molar-refractivity contribution in [1.82, 2.24) is 24.7 Å². The first-order chi connectivity index (χ1) is 9.19. The fourth-order valence-corrected chi connectivity index (χ4v) is 3.32. The Kier molecular flexibility index (Phi) is 5.06. The van der Waals surface area contributed by atoms with Crippen LogP contribution < -0.4 is 5.32 Å². The van der Waals surface area contributed by atoms with Gasteiger partial charge in [-0.25, -0.2) is 0 Å². The molecule has 2 aromatic heterocycles. The van der Waals surface area contributed by atoms with Crippen LogP contribution in [0.2, 0.25) is 0 Å². The van der Waals surface area contributed by atoms with Crippen LogP contribution in [-0.2, 0) is 6.54 Å². The van der Waals surface area contributed by atoms with Crippen LogP contribution in [0.4, 0.5) is 0 Å². The fourth-order valence-electron chi connectivity index (χ4n) is 2.07. The van der Waals surface area contributed by atoms with Gasteiger partial charge in [0.2, 0.25) is 0 Å². The monoisotopic (exact) mass is 343 g/mol. The molecule has 0 radical (unpaired) electrons. The molecular formula is C12H18BrN5S. The Morgan fingerprint density at radius 2 is 2.26 bits per heavy atom. The van der Waals surface area contributed by atoms with E-state index in [1.807, 2.05) is 13.1 Å². The molecule has 2 aromatic rings. The van der Waals surface area contributed by atoms with Gasteiger partial charge >= 0.3 is 0 Å². The molecule has 1 unspecified atom stereocenters. The number of rotatable bonds is 6. The van der Waals surface area contributed by atoms with Crippen LogP contribution in [0.5, 0.6) is 0 Å². The summed E-state index contributed by atoms with van der Waals surface area (Å²) in [7, 11) is 0. The Morgan fingerprint density at radius 3 is 2.84 bits per heavy atom. The van der Waals surface area contributed by atoms with Crippen LogP contribution in [0, 0.1) is 6.92 Å². The van der Waals surface area contributed by atoms with Gasteiger partial charge in [0.1, 0.15) is 0 Å². The number of nitrogens with zero attached hydrogens (tertiary/aromatic N) is 4. The third-order valence-corrected chi connectivity index (χ3v) is 4.40. The first-order valence-corrected chi connectivity index (χ1v) is 7.99. The zero-order valence-electron chi connectivity index (χ0n) is 11.4. The molecule has 0 saturated carbocycles. The molecule has 19 heavy (non-hydrogen) atoms. The molecule has 7 heteroatoms. The van der Waals surface area contributed by atoms with Crippen LogP contribution in [0.15, 0.2) is 10.7 Å². The highest BCUT2D eigenvalue weighted by Gasteiger charge is 2.24. The number of hydrogen-bond donors (Lipinski definition) is 1. The minimum atomic E-state index is 0.0911. The molecule has 2 rings (SSSR count). The minimum Gasteiger partial charge on any atom is -0.304 e. The average Bonchev–Trinajstić information content (AvgIpc) is 2.95. The van der Waals surface area contributed by atoms with Gasteiger partial charge in [0.05, 0.1) is 33.0 Å². The number of aromatic nitrogens is 4. The van der Waals surface area contributed by atoms with Crippen molar-refractivity contribution in [3.8, 4) is 0 Å². The SMILES string of the molecule is CCCn1ncc(Br)c1C(NCC)c1snnc1C. The van der Waals surface area contributed by atoms with Gasteiger partial charge in [0.25, 0.3) is 0 Å². The summed E-state index contributed by atoms with van der Waals surface area (Å²) in [6.07, 6.45) is 2.92. The van der Waals surface area contributed by atoms with Gasteiger partial charge < -0.3 is 5.32 Å². The second kappa shape index (κ2) is 6.58. The molecule has 0 aliphatic carbocycles. The van der Waals surface area contributed by atoms with E-state index in [1.54, 1.807) is 0 Å². The molecule has 0 amide bonds. The van der Waals surface area contributed by atoms with E-state index >= 15 is 0 Å². The Balaban J connectivity index is 2.44. The highest BCUT2D eigenvalue weighted by atomic mass is 79.9. The maximum Gasteiger partial charge on any atom is 0.0888 e. The van der Waals surface area contributed by atoms with Crippen LogP contribution >= 0.6 is 27.5 Å². The normalized spacial score (nSPS) is 12.8. The Morgan fingerprint density at radius 1 is 1.47 bits per heavy atom. The first kappa shape index (κ1) is 14.6. The molecule has 0 aromatic carbocycles. The van der Waals surface area contributed by atoms with E-state index in [9.17, 15) is 0 Å². The molecule has 0 bridgehead atoms. The molecule has 1 atom stereocenters. The number of aryl methyl sites for hydroxylation is 2. The fraction of sp³-hybridized carbons (Fsp3) is 0.583. The molecular weight excluding hydrogens is 326 g/mol. The summed E-state index contributed by atoms with van der Waals surface area (Å²) in [5.74, 6) is 0. The van der Waals surface area contributed by atoms with E-state index < -0.39 is 0 Å². The summed E-state index contributed by atoms with van der Waals surface area (Å²) in [6.45, 7) is 8.05. The summed E-state index contributed by atoms with van der Waals surface area (Å²) in [4.78, 5) is 1.15. The van der Waals surface area contributed by atoms with E-state index in [4.69, 9.17) is 0 Å². The third-order valence-electron chi connectivity index (χ3n) is 2.90. The topological polar surface area (TPSA) is 55.6 Å². The summed E-state index contributed by atoms with van der Waals surface area (Å²) >= 11 is 5.05. The van der Waals surface area contributed by atoms with Crippen molar-refractivity contribution < 1.29 is 0 Å². The predicted octanol–water partition coefficient (Wildman–Crippen LogP) is 2.91. The van der Waals surface area contributed by atoms with E-state index in [-0.39, 0.29) is 6.04 Å². The Hall–Kier alpha value is -0.790. The van der Waals surface area contributed by atoms with Gasteiger partial charge in [-0.05, 0) is 47.4 Å². The van der Waals surface area contributed by atoms with Crippen LogP contribution in [0.1, 0.15) is 42.6 Å². The molecule has 0 saturated heterocycles. The predicted molar refractivity (Wildman–Crippen MR) is 80.4 cm³/mol. The minimum absolute atomic E-state index is 0.0911. The van der Waals surface area contributed by atoms with Crippen molar-refractivity contribution in [2.45, 2.75) is 39.8 Å². The molecule has 0 aliphatic heterocycles. The Labute approximate surface area is 125 Å². The second-order valence-electron chi connectivity index (χ2n) is 4.31. The molecule has 0 aliphatic rings. The van der Waals surface area contributed by atoms with Crippen molar-refractivity contribution in [3.05, 3.63) is 26.9 Å². The van der Waals surface area contributed by atoms with Crippen LogP contribution in [-0.4, -0.2) is 25.9 Å². The van der Waals surface area contributed by atoms with Gasteiger partial charge in [-0.3, -0.25) is 4.68 Å². The summed E-state index contributed by atoms with van der Waals surface area (Å²) in [5.41, 5.74) is 2.13. The van der Waals surface area contributed by atoms with Crippen molar-refractivity contribution in [3.63, 3.8) is 0 Å². The van der Waals surface area contributed by atoms with Gasteiger partial charge in [-0.1, -0.05) is 18.3 Å². The molecule has 1 N–H and O–H groups in total. The molecule has 0 spiro atoms. The first-order valence-electron chi connectivity index (χ1n) is 6.42. The smallest absolute Gasteiger partial charge is 0.0888 e. The highest BCUT2D eigenvalue weighted by molar-refractivity contribution is 9.10. The van der Waals surface area contributed by atoms with Gasteiger partial charge in [-0.15, -0.1) is 5.10 Å². The second-order valence-corrected chi connectivity index (χ2v) is 5.95. The largest absolute Gasteiger partial charge is 0.304 e. The van der Waals surface area contributed by atoms with E-state index in [1.165, 1.54) is 11.5 Å². The number of hydrogen-bond acceptors (Lipinski definition) is 5. The molecule has 0 fully saturated rings. The summed E-state index contributed by atoms with van der Waals surface area (Å²) in [5, 5.41) is 12.1. The van der Waals surface area contributed by atoms with Crippen molar-refractivity contribution in [2.75, 3.05) is 6.54 Å². The lowest BCUT2D eigenvalue weighted by atomic mass is 10.1. The number of nitrogens with one attached hydrogen (secondary N) is 1. The maximum atomic E-state index is 4.44. The van der Waals surface area contributed by atoms with Crippen LogP contribution in [0.3, 0.4) is 0 Å². The van der Waals surface area contributed by atoms with E-state index in [0.29, 0.717) is 0 Å². The lowest BCUT2D eigenvalue weighted by Crippen LogP contribution is -2.25. The zero-order valence-corrected chi connectivity index (χ0v) is 13.8. The van der Waals surface area contributed by atoms with Gasteiger partial charge in [-0.2, -0.15) is 5.10 Å². The Bertz CT molecular complexity index is 536. The quantitative estimate of drug-likeness (QED) is 0.875. The summed E-state index contributed by atoms with van der Waals surface area (Å²) < 4.78 is 7.13. The van der Waals surface area contributed by atoms with E-state index in [2.05, 4.69) is 54.5 Å². The molecule has 2 heterocycles. The van der Waals surface area contributed by atoms with Crippen molar-refractivity contribution >= 4 is 27.5 Å². The molecule has 5 nitrogen and oxygen atoms in total. The maximum absolute atomic E-state index is 4.44. The molecule has 104 valence electrons. The van der Waals surface area contributed by atoms with Gasteiger partial charge in [0, 0.05) is 6.54 Å². The lowest BCUT2D eigenvalue weighted by molar-refractivity contribution is 0.521. The average molecular weight is 344 g/mol. The van der Waals surface area contributed by atoms with Crippen molar-refractivity contribution in [1.29, 1.82) is 0 Å². The summed E-state index contributed by atoms with van der Waals surface area (Å²) in [6, 6.07) is 0.0911. The van der Waals surface area contributed by atoms with Gasteiger partial charge in [0.15, 0.2) is 0 Å². The van der Waals surface area contributed by atoms with Crippen LogP contribution in [0.25, 0.3) is 0 Å². The van der Waals surface area contributed by atoms with Crippen molar-refractivity contribution in [2.24, 2.45) is 0 Å². The standard InChI is InChI=1S/C12H18BrN5S/c1-4-6-18-11(9(13)7-15-18)10(14-5-2)12-8(3)16-17-19-12/h7,10,14H,4-6H2,1-3H3. The number of halogens is 1. The third kappa shape index (κ3) is 3.04. The zero-order chi connectivity index (χ0) is 13.8. The lowest BCUT2D eigenvalue weighted by Gasteiger charge is -2.19.